The quantitative estimate of drug-likeness (QED) is 0.752. The van der Waals surface area contributed by atoms with Gasteiger partial charge in [-0.2, -0.15) is 0 Å². The van der Waals surface area contributed by atoms with E-state index >= 15 is 0 Å². The van der Waals surface area contributed by atoms with Crippen LogP contribution in [0.2, 0.25) is 0 Å². The highest BCUT2D eigenvalue weighted by Gasteiger charge is 2.28. The molecule has 1 fully saturated rings. The van der Waals surface area contributed by atoms with Crippen molar-refractivity contribution in [2.45, 2.75) is 38.8 Å². The van der Waals surface area contributed by atoms with Gasteiger partial charge in [-0.1, -0.05) is 0 Å². The van der Waals surface area contributed by atoms with Crippen molar-refractivity contribution in [3.8, 4) is 0 Å². The molecule has 0 bridgehead atoms. The molecule has 3 nitrogen and oxygen atoms in total. The Morgan fingerprint density at radius 1 is 1.40 bits per heavy atom. The van der Waals surface area contributed by atoms with E-state index < -0.39 is 0 Å². The normalized spacial score (nSPS) is 27.2. The Balaban J connectivity index is 2.29. The number of hydrogen-bond acceptors (Lipinski definition) is 3. The van der Waals surface area contributed by atoms with E-state index in [4.69, 9.17) is 0 Å². The lowest BCUT2D eigenvalue weighted by Crippen LogP contribution is -2.61. The van der Waals surface area contributed by atoms with Gasteiger partial charge in [0.25, 0.3) is 0 Å². The molecule has 0 aromatic carbocycles. The highest BCUT2D eigenvalue weighted by molar-refractivity contribution is 4.90. The molecule has 0 amide bonds. The van der Waals surface area contributed by atoms with Gasteiger partial charge in [0, 0.05) is 24.7 Å². The molecule has 1 saturated heterocycles. The van der Waals surface area contributed by atoms with Crippen LogP contribution in [0.3, 0.4) is 0 Å². The summed E-state index contributed by atoms with van der Waals surface area (Å²) in [6, 6.07) is 0.619. The van der Waals surface area contributed by atoms with Crippen LogP contribution in [-0.2, 0) is 0 Å². The molecule has 0 saturated carbocycles. The van der Waals surface area contributed by atoms with Crippen molar-refractivity contribution in [2.24, 2.45) is 0 Å². The third-order valence-corrected chi connectivity index (χ3v) is 2.87. The summed E-state index contributed by atoms with van der Waals surface area (Å²) >= 11 is 0. The maximum Gasteiger partial charge on any atom is 0.0255 e. The summed E-state index contributed by atoms with van der Waals surface area (Å²) in [4.78, 5) is 4.85. The molecule has 1 aliphatic rings. The van der Waals surface area contributed by atoms with Crippen molar-refractivity contribution in [3.63, 3.8) is 0 Å². The molecule has 1 aliphatic heterocycles. The zero-order valence-electron chi connectivity index (χ0n) is 11.0. The molecule has 0 radical (unpaired) electrons. The highest BCUT2D eigenvalue weighted by Crippen LogP contribution is 2.13. The predicted molar refractivity (Wildman–Crippen MR) is 66.3 cm³/mol. The second kappa shape index (κ2) is 5.28. The van der Waals surface area contributed by atoms with Crippen LogP contribution in [0.1, 0.15) is 27.2 Å². The van der Waals surface area contributed by atoms with Crippen molar-refractivity contribution in [1.82, 2.24) is 15.1 Å². The van der Waals surface area contributed by atoms with Crippen LogP contribution in [0.4, 0.5) is 0 Å². The predicted octanol–water partition coefficient (Wildman–Crippen LogP) is 1.01. The summed E-state index contributed by atoms with van der Waals surface area (Å²) in [5.74, 6) is 0. The minimum atomic E-state index is 0.274. The molecule has 0 aliphatic carbocycles. The van der Waals surface area contributed by atoms with E-state index in [1.165, 1.54) is 32.6 Å². The summed E-state index contributed by atoms with van der Waals surface area (Å²) in [5, 5.41) is 3.63. The Labute approximate surface area is 94.8 Å². The third kappa shape index (κ3) is 4.96. The van der Waals surface area contributed by atoms with Crippen LogP contribution in [0.25, 0.3) is 0 Å². The van der Waals surface area contributed by atoms with Gasteiger partial charge >= 0.3 is 0 Å². The standard InChI is InChI=1S/C12H27N3/c1-11-9-15(8-6-7-14(4)5)10-12(2,3)13-11/h11,13H,6-10H2,1-5H3. The molecule has 0 aromatic rings. The zero-order chi connectivity index (χ0) is 11.5. The average molecular weight is 213 g/mol. The van der Waals surface area contributed by atoms with Gasteiger partial charge in [0.15, 0.2) is 0 Å². The summed E-state index contributed by atoms with van der Waals surface area (Å²) in [6.07, 6.45) is 1.27. The molecular formula is C12H27N3. The number of nitrogens with one attached hydrogen (secondary N) is 1. The lowest BCUT2D eigenvalue weighted by Gasteiger charge is -2.42. The first kappa shape index (κ1) is 12.9. The number of nitrogens with zero attached hydrogens (tertiary/aromatic N) is 2. The van der Waals surface area contributed by atoms with Crippen molar-refractivity contribution < 1.29 is 0 Å². The van der Waals surface area contributed by atoms with E-state index in [2.05, 4.69) is 50.0 Å². The maximum atomic E-state index is 3.63. The largest absolute Gasteiger partial charge is 0.309 e. The molecule has 1 N–H and O–H groups in total. The second-order valence-corrected chi connectivity index (χ2v) is 5.82. The molecule has 0 spiro atoms. The number of hydrogen-bond donors (Lipinski definition) is 1. The maximum absolute atomic E-state index is 3.63. The summed E-state index contributed by atoms with van der Waals surface area (Å²) < 4.78 is 0. The SMILES string of the molecule is CC1CN(CCCN(C)C)CC(C)(C)N1. The molecule has 1 atom stereocenters. The number of rotatable bonds is 4. The van der Waals surface area contributed by atoms with Crippen LogP contribution in [0.5, 0.6) is 0 Å². The van der Waals surface area contributed by atoms with Gasteiger partial charge in [0.2, 0.25) is 0 Å². The van der Waals surface area contributed by atoms with Crippen LogP contribution in [-0.4, -0.2) is 61.7 Å². The first-order valence-corrected chi connectivity index (χ1v) is 6.04. The van der Waals surface area contributed by atoms with Crippen LogP contribution >= 0.6 is 0 Å². The van der Waals surface area contributed by atoms with E-state index in [1.54, 1.807) is 0 Å². The van der Waals surface area contributed by atoms with Gasteiger partial charge in [-0.05, 0) is 54.4 Å². The van der Waals surface area contributed by atoms with Gasteiger partial charge in [-0.15, -0.1) is 0 Å². The zero-order valence-corrected chi connectivity index (χ0v) is 11.0. The summed E-state index contributed by atoms with van der Waals surface area (Å²) in [7, 11) is 4.29. The van der Waals surface area contributed by atoms with Gasteiger partial charge in [-0.25, -0.2) is 0 Å². The topological polar surface area (TPSA) is 18.5 Å². The van der Waals surface area contributed by atoms with E-state index in [-0.39, 0.29) is 5.54 Å². The van der Waals surface area contributed by atoms with Gasteiger partial charge in [-0.3, -0.25) is 4.90 Å². The average Bonchev–Trinajstić information content (AvgIpc) is 1.98. The fraction of sp³-hybridized carbons (Fsp3) is 1.00. The van der Waals surface area contributed by atoms with E-state index in [9.17, 15) is 0 Å². The van der Waals surface area contributed by atoms with Crippen LogP contribution in [0.15, 0.2) is 0 Å². The van der Waals surface area contributed by atoms with E-state index in [1.807, 2.05) is 0 Å². The first-order chi connectivity index (χ1) is 6.89. The Kier molecular flexibility index (Phi) is 4.56. The molecule has 1 unspecified atom stereocenters. The molecule has 3 heteroatoms. The molecule has 0 aromatic heterocycles. The smallest absolute Gasteiger partial charge is 0.0255 e. The molecule has 90 valence electrons. The van der Waals surface area contributed by atoms with Gasteiger partial charge in [0.1, 0.15) is 0 Å². The van der Waals surface area contributed by atoms with Crippen molar-refractivity contribution in [2.75, 3.05) is 40.3 Å². The fourth-order valence-electron chi connectivity index (χ4n) is 2.55. The summed E-state index contributed by atoms with van der Waals surface area (Å²) in [5.41, 5.74) is 0.274. The lowest BCUT2D eigenvalue weighted by atomic mass is 9.99. The Morgan fingerprint density at radius 2 is 2.07 bits per heavy atom. The minimum Gasteiger partial charge on any atom is -0.309 e. The fourth-order valence-corrected chi connectivity index (χ4v) is 2.55. The Hall–Kier alpha value is -0.120. The van der Waals surface area contributed by atoms with Crippen LogP contribution in [0, 0.1) is 0 Å². The minimum absolute atomic E-state index is 0.274. The molecule has 1 rings (SSSR count). The Morgan fingerprint density at radius 3 is 2.60 bits per heavy atom. The Bertz CT molecular complexity index is 189. The molecule has 1 heterocycles. The van der Waals surface area contributed by atoms with Gasteiger partial charge in [0.05, 0.1) is 0 Å². The number of piperazine rings is 1. The van der Waals surface area contributed by atoms with Gasteiger partial charge < -0.3 is 10.2 Å². The third-order valence-electron chi connectivity index (χ3n) is 2.87. The van der Waals surface area contributed by atoms with Crippen LogP contribution < -0.4 is 5.32 Å². The summed E-state index contributed by atoms with van der Waals surface area (Å²) in [6.45, 7) is 11.6. The van der Waals surface area contributed by atoms with Crippen molar-refractivity contribution in [1.29, 1.82) is 0 Å². The highest BCUT2D eigenvalue weighted by atomic mass is 15.2. The lowest BCUT2D eigenvalue weighted by molar-refractivity contribution is 0.120. The van der Waals surface area contributed by atoms with E-state index in [0.717, 1.165) is 0 Å². The molecular weight excluding hydrogens is 186 g/mol. The monoisotopic (exact) mass is 213 g/mol. The molecule has 15 heavy (non-hydrogen) atoms. The van der Waals surface area contributed by atoms with Crippen molar-refractivity contribution >= 4 is 0 Å². The van der Waals surface area contributed by atoms with Crippen molar-refractivity contribution in [3.05, 3.63) is 0 Å². The second-order valence-electron chi connectivity index (χ2n) is 5.82. The first-order valence-electron chi connectivity index (χ1n) is 6.04. The van der Waals surface area contributed by atoms with E-state index in [0.29, 0.717) is 6.04 Å².